The van der Waals surface area contributed by atoms with E-state index >= 15 is 0 Å². The van der Waals surface area contributed by atoms with E-state index in [0.717, 1.165) is 12.1 Å². The Bertz CT molecular complexity index is 976. The van der Waals surface area contributed by atoms with E-state index in [4.69, 9.17) is 5.11 Å². The molecule has 0 unspecified atom stereocenters. The highest BCUT2D eigenvalue weighted by Crippen LogP contribution is 2.16. The minimum absolute atomic E-state index is 0.0122. The van der Waals surface area contributed by atoms with Crippen LogP contribution < -0.4 is 10.1 Å². The van der Waals surface area contributed by atoms with Crippen molar-refractivity contribution < 1.29 is 27.1 Å². The highest BCUT2D eigenvalue weighted by atomic mass is 32.2. The summed E-state index contributed by atoms with van der Waals surface area (Å²) in [5, 5.41) is 12.8. The Kier molecular flexibility index (Phi) is 6.24. The van der Waals surface area contributed by atoms with Gasteiger partial charge in [-0.1, -0.05) is 12.1 Å². The van der Waals surface area contributed by atoms with Crippen molar-refractivity contribution in [2.24, 2.45) is 5.10 Å². The third kappa shape index (κ3) is 5.31. The number of hydrogen-bond donors (Lipinski definition) is 3. The Balaban J connectivity index is 2.15. The van der Waals surface area contributed by atoms with Crippen LogP contribution >= 0.6 is 0 Å². The normalized spacial score (nSPS) is 13.3. The molecule has 2 rings (SSSR count). The fraction of sp³-hybridized carbons (Fsp3) is 0.176. The first-order valence-corrected chi connectivity index (χ1v) is 9.19. The van der Waals surface area contributed by atoms with Gasteiger partial charge in [0.2, 0.25) is 10.0 Å². The monoisotopic (exact) mass is 397 g/mol. The molecule has 0 aliphatic carbocycles. The second-order valence-electron chi connectivity index (χ2n) is 5.64. The average molecular weight is 397 g/mol. The summed E-state index contributed by atoms with van der Waals surface area (Å²) >= 11 is 0. The minimum Gasteiger partial charge on any atom is -0.480 e. The number of carbonyl (C=O) groups is 1. The van der Waals surface area contributed by atoms with E-state index in [2.05, 4.69) is 10.5 Å². The van der Waals surface area contributed by atoms with Gasteiger partial charge in [0, 0.05) is 6.07 Å². The third-order valence-electron chi connectivity index (χ3n) is 3.56. The van der Waals surface area contributed by atoms with Gasteiger partial charge in [-0.15, -0.1) is 0 Å². The molecule has 0 saturated heterocycles. The number of carboxylic acids is 1. The van der Waals surface area contributed by atoms with Crippen molar-refractivity contribution in [1.82, 2.24) is 4.72 Å². The molecule has 0 spiro atoms. The van der Waals surface area contributed by atoms with Crippen LogP contribution in [0.2, 0.25) is 0 Å². The molecule has 0 radical (unpaired) electrons. The van der Waals surface area contributed by atoms with Gasteiger partial charge in [0.05, 0.1) is 16.3 Å². The van der Waals surface area contributed by atoms with Gasteiger partial charge in [0.15, 0.2) is 5.82 Å². The molecule has 144 valence electrons. The number of aliphatic carboxylic acids is 1. The predicted octanol–water partition coefficient (Wildman–Crippen LogP) is 2.55. The van der Waals surface area contributed by atoms with Crippen molar-refractivity contribution in [1.29, 1.82) is 0 Å². The van der Waals surface area contributed by atoms with Crippen LogP contribution in [0.5, 0.6) is 0 Å². The van der Waals surface area contributed by atoms with Crippen LogP contribution in [0.1, 0.15) is 19.4 Å². The number of sulfonamides is 1. The van der Waals surface area contributed by atoms with Crippen LogP contribution in [0, 0.1) is 11.6 Å². The Morgan fingerprint density at radius 3 is 2.33 bits per heavy atom. The van der Waals surface area contributed by atoms with E-state index < -0.39 is 33.7 Å². The average Bonchev–Trinajstić information content (AvgIpc) is 2.60. The Hall–Kier alpha value is -2.85. The molecule has 0 fully saturated rings. The Labute approximate surface area is 154 Å². The maximum absolute atomic E-state index is 13.6. The van der Waals surface area contributed by atoms with Crippen molar-refractivity contribution in [3.05, 3.63) is 59.7 Å². The molecule has 0 aliphatic rings. The second-order valence-corrected chi connectivity index (χ2v) is 7.35. The fourth-order valence-electron chi connectivity index (χ4n) is 2.02. The van der Waals surface area contributed by atoms with Gasteiger partial charge in [-0.05, 0) is 43.7 Å². The first-order chi connectivity index (χ1) is 12.6. The Morgan fingerprint density at radius 2 is 1.78 bits per heavy atom. The molecule has 27 heavy (non-hydrogen) atoms. The van der Waals surface area contributed by atoms with E-state index in [1.165, 1.54) is 37.3 Å². The van der Waals surface area contributed by atoms with E-state index in [0.29, 0.717) is 11.3 Å². The summed E-state index contributed by atoms with van der Waals surface area (Å²) in [7, 11) is -3.98. The van der Waals surface area contributed by atoms with Gasteiger partial charge in [-0.2, -0.15) is 9.82 Å². The number of rotatable bonds is 7. The molecule has 0 bridgehead atoms. The first kappa shape index (κ1) is 20.5. The van der Waals surface area contributed by atoms with Crippen LogP contribution in [0.4, 0.5) is 14.5 Å². The van der Waals surface area contributed by atoms with Gasteiger partial charge in [0.25, 0.3) is 0 Å². The third-order valence-corrected chi connectivity index (χ3v) is 5.12. The van der Waals surface area contributed by atoms with Crippen LogP contribution in [-0.4, -0.2) is 31.2 Å². The quantitative estimate of drug-likeness (QED) is 0.492. The molecule has 10 heteroatoms. The summed E-state index contributed by atoms with van der Waals surface area (Å²) in [6.07, 6.45) is 0. The smallest absolute Gasteiger partial charge is 0.321 e. The maximum atomic E-state index is 13.6. The first-order valence-electron chi connectivity index (χ1n) is 7.71. The lowest BCUT2D eigenvalue weighted by atomic mass is 10.1. The molecule has 7 nitrogen and oxygen atoms in total. The molecular formula is C17H17F2N3O4S. The van der Waals surface area contributed by atoms with E-state index in [1.54, 1.807) is 6.92 Å². The molecule has 0 aliphatic heterocycles. The van der Waals surface area contributed by atoms with Gasteiger partial charge in [-0.25, -0.2) is 17.2 Å². The van der Waals surface area contributed by atoms with E-state index in [9.17, 15) is 22.0 Å². The zero-order chi connectivity index (χ0) is 20.2. The number of halogens is 2. The number of nitrogens with zero attached hydrogens (tertiary/aromatic N) is 1. The van der Waals surface area contributed by atoms with Gasteiger partial charge >= 0.3 is 5.97 Å². The lowest BCUT2D eigenvalue weighted by molar-refractivity contribution is -0.138. The lowest BCUT2D eigenvalue weighted by Crippen LogP contribution is -2.38. The second kappa shape index (κ2) is 8.23. The molecule has 3 N–H and O–H groups in total. The van der Waals surface area contributed by atoms with Crippen molar-refractivity contribution in [3.8, 4) is 0 Å². The predicted molar refractivity (Wildman–Crippen MR) is 96.1 cm³/mol. The van der Waals surface area contributed by atoms with Crippen molar-refractivity contribution in [2.45, 2.75) is 24.8 Å². The van der Waals surface area contributed by atoms with Crippen molar-refractivity contribution >= 4 is 27.4 Å². The molecule has 2 aromatic rings. The van der Waals surface area contributed by atoms with Crippen LogP contribution in [-0.2, 0) is 14.8 Å². The summed E-state index contributed by atoms with van der Waals surface area (Å²) in [4.78, 5) is 10.7. The number of anilines is 1. The van der Waals surface area contributed by atoms with Crippen LogP contribution in [0.25, 0.3) is 0 Å². The highest BCUT2D eigenvalue weighted by Gasteiger charge is 2.21. The molecule has 0 saturated carbocycles. The summed E-state index contributed by atoms with van der Waals surface area (Å²) < 4.78 is 52.7. The van der Waals surface area contributed by atoms with Gasteiger partial charge in [-0.3, -0.25) is 10.2 Å². The molecule has 0 aromatic heterocycles. The van der Waals surface area contributed by atoms with Gasteiger partial charge < -0.3 is 5.11 Å². The topological polar surface area (TPSA) is 108 Å². The summed E-state index contributed by atoms with van der Waals surface area (Å²) in [5.41, 5.74) is 3.44. The summed E-state index contributed by atoms with van der Waals surface area (Å²) in [6, 6.07) is 7.27. The number of benzene rings is 2. The summed E-state index contributed by atoms with van der Waals surface area (Å²) in [5.74, 6) is -2.80. The van der Waals surface area contributed by atoms with Crippen molar-refractivity contribution in [3.63, 3.8) is 0 Å². The van der Waals surface area contributed by atoms with E-state index in [-0.39, 0.29) is 10.6 Å². The highest BCUT2D eigenvalue weighted by molar-refractivity contribution is 7.89. The number of hydrogen-bond acceptors (Lipinski definition) is 5. The van der Waals surface area contributed by atoms with Crippen molar-refractivity contribution in [2.75, 3.05) is 5.43 Å². The molecular weight excluding hydrogens is 380 g/mol. The summed E-state index contributed by atoms with van der Waals surface area (Å²) in [6.45, 7) is 2.83. The zero-order valence-corrected chi connectivity index (χ0v) is 15.2. The lowest BCUT2D eigenvalue weighted by Gasteiger charge is -2.11. The molecule has 0 heterocycles. The molecule has 2 aromatic carbocycles. The maximum Gasteiger partial charge on any atom is 0.321 e. The zero-order valence-electron chi connectivity index (χ0n) is 14.4. The standard InChI is InChI=1S/C17H17F2N3O4S/c1-10(20-21-16-8-5-13(18)9-15(16)19)12-3-6-14(7-4-12)27(25,26)22-11(2)17(23)24/h3-9,11,21-22H,1-2H3,(H,23,24)/b20-10-/t11-/m0/s1. The minimum atomic E-state index is -3.98. The fourth-order valence-corrected chi connectivity index (χ4v) is 3.21. The molecule has 0 amide bonds. The Morgan fingerprint density at radius 1 is 1.15 bits per heavy atom. The van der Waals surface area contributed by atoms with Crippen LogP contribution in [0.3, 0.4) is 0 Å². The van der Waals surface area contributed by atoms with Crippen LogP contribution in [0.15, 0.2) is 52.5 Å². The number of carboxylic acid groups (broad SMARTS) is 1. The SMILES string of the molecule is C/C(=N/Nc1ccc(F)cc1F)c1ccc(S(=O)(=O)N[C@@H](C)C(=O)O)cc1. The number of hydrazone groups is 1. The molecule has 1 atom stereocenters. The van der Waals surface area contributed by atoms with E-state index in [1.807, 2.05) is 4.72 Å². The number of nitrogens with one attached hydrogen (secondary N) is 2. The largest absolute Gasteiger partial charge is 0.480 e. The van der Waals surface area contributed by atoms with Gasteiger partial charge in [0.1, 0.15) is 11.9 Å².